The predicted octanol–water partition coefficient (Wildman–Crippen LogP) is 3.84. The molecular weight excluding hydrogens is 318 g/mol. The summed E-state index contributed by atoms with van der Waals surface area (Å²) in [6.07, 6.45) is 3.22. The van der Waals surface area contributed by atoms with Crippen LogP contribution in [0.1, 0.15) is 30.9 Å². The van der Waals surface area contributed by atoms with Gasteiger partial charge in [0, 0.05) is 6.08 Å². The van der Waals surface area contributed by atoms with E-state index in [0.717, 1.165) is 11.3 Å². The molecule has 0 aliphatic rings. The summed E-state index contributed by atoms with van der Waals surface area (Å²) in [6, 6.07) is 17.6. The molecule has 5 heteroatoms. The molecule has 4 nitrogen and oxygen atoms in total. The van der Waals surface area contributed by atoms with Gasteiger partial charge in [0.15, 0.2) is 5.11 Å². The fourth-order valence-corrected chi connectivity index (χ4v) is 2.15. The van der Waals surface area contributed by atoms with Crippen LogP contribution in [0.15, 0.2) is 60.7 Å². The molecule has 0 saturated heterocycles. The van der Waals surface area contributed by atoms with Gasteiger partial charge in [-0.1, -0.05) is 56.3 Å². The van der Waals surface area contributed by atoms with E-state index in [1.165, 1.54) is 11.6 Å². The highest BCUT2D eigenvalue weighted by Gasteiger charge is 2.01. The third-order valence-electron chi connectivity index (χ3n) is 3.36. The fourth-order valence-electron chi connectivity index (χ4n) is 2.00. The molecule has 0 fully saturated rings. The average molecular weight is 339 g/mol. The first kappa shape index (κ1) is 17.7. The molecule has 0 heterocycles. The molecule has 0 aliphatic carbocycles. The third kappa shape index (κ3) is 5.85. The predicted molar refractivity (Wildman–Crippen MR) is 104 cm³/mol. The molecule has 0 radical (unpaired) electrons. The number of hydrogen-bond acceptors (Lipinski definition) is 3. The van der Waals surface area contributed by atoms with Gasteiger partial charge in [-0.05, 0) is 47.5 Å². The van der Waals surface area contributed by atoms with E-state index in [1.807, 2.05) is 42.5 Å². The molecule has 0 bridgehead atoms. The topological polar surface area (TPSA) is 53.2 Å². The second-order valence-corrected chi connectivity index (χ2v) is 6.00. The van der Waals surface area contributed by atoms with Gasteiger partial charge in [0.05, 0.1) is 5.69 Å². The molecule has 124 valence electrons. The first-order chi connectivity index (χ1) is 11.5. The SMILES string of the molecule is CC(C)c1ccc(/C=C/C(=O)NC(=S)NNc2ccccc2)cc1. The van der Waals surface area contributed by atoms with Crippen molar-refractivity contribution in [1.29, 1.82) is 0 Å². The van der Waals surface area contributed by atoms with Crippen LogP contribution in [0.2, 0.25) is 0 Å². The number of thiocarbonyl (C=S) groups is 1. The van der Waals surface area contributed by atoms with Crippen molar-refractivity contribution in [2.45, 2.75) is 19.8 Å². The van der Waals surface area contributed by atoms with Crippen molar-refractivity contribution in [1.82, 2.24) is 10.7 Å². The molecule has 0 aromatic heterocycles. The van der Waals surface area contributed by atoms with E-state index in [1.54, 1.807) is 6.08 Å². The number of anilines is 1. The number of carbonyl (C=O) groups is 1. The van der Waals surface area contributed by atoms with Crippen molar-refractivity contribution in [3.63, 3.8) is 0 Å². The van der Waals surface area contributed by atoms with Gasteiger partial charge in [0.2, 0.25) is 5.91 Å². The number of nitrogens with one attached hydrogen (secondary N) is 3. The Labute approximate surface area is 147 Å². The summed E-state index contributed by atoms with van der Waals surface area (Å²) >= 11 is 5.07. The number of amides is 1. The first-order valence-corrected chi connectivity index (χ1v) is 8.15. The van der Waals surface area contributed by atoms with Crippen LogP contribution in [-0.2, 0) is 4.79 Å². The standard InChI is InChI=1S/C19H21N3OS/c1-14(2)16-11-8-15(9-12-16)10-13-18(23)20-19(24)22-21-17-6-4-3-5-7-17/h3-14,21H,1-2H3,(H2,20,22,23,24)/b13-10+. The monoisotopic (exact) mass is 339 g/mol. The number of hydrazine groups is 1. The number of rotatable bonds is 5. The van der Waals surface area contributed by atoms with E-state index < -0.39 is 0 Å². The second-order valence-electron chi connectivity index (χ2n) is 5.59. The number of carbonyl (C=O) groups excluding carboxylic acids is 1. The lowest BCUT2D eigenvalue weighted by atomic mass is 10.0. The van der Waals surface area contributed by atoms with Gasteiger partial charge in [0.1, 0.15) is 0 Å². The minimum absolute atomic E-state index is 0.212. The molecule has 2 rings (SSSR count). The van der Waals surface area contributed by atoms with Crippen LogP contribution in [-0.4, -0.2) is 11.0 Å². The molecule has 0 spiro atoms. The summed E-state index contributed by atoms with van der Waals surface area (Å²) in [6.45, 7) is 4.30. The van der Waals surface area contributed by atoms with Crippen LogP contribution in [0.3, 0.4) is 0 Å². The van der Waals surface area contributed by atoms with Crippen LogP contribution in [0, 0.1) is 0 Å². The Hall–Kier alpha value is -2.66. The van der Waals surface area contributed by atoms with Crippen LogP contribution < -0.4 is 16.2 Å². The van der Waals surface area contributed by atoms with E-state index in [9.17, 15) is 4.79 Å². The maximum absolute atomic E-state index is 11.9. The van der Waals surface area contributed by atoms with Crippen molar-refractivity contribution in [2.24, 2.45) is 0 Å². The van der Waals surface area contributed by atoms with Crippen molar-refractivity contribution in [2.75, 3.05) is 5.43 Å². The highest BCUT2D eigenvalue weighted by atomic mass is 32.1. The molecule has 0 atom stereocenters. The minimum atomic E-state index is -0.282. The van der Waals surface area contributed by atoms with Crippen LogP contribution in [0.25, 0.3) is 6.08 Å². The van der Waals surface area contributed by atoms with Crippen molar-refractivity contribution in [3.8, 4) is 0 Å². The van der Waals surface area contributed by atoms with E-state index in [2.05, 4.69) is 42.1 Å². The molecule has 3 N–H and O–H groups in total. The van der Waals surface area contributed by atoms with Gasteiger partial charge >= 0.3 is 0 Å². The maximum Gasteiger partial charge on any atom is 0.250 e. The van der Waals surface area contributed by atoms with Crippen LogP contribution in [0.5, 0.6) is 0 Å². The Bertz CT molecular complexity index is 709. The molecule has 0 saturated carbocycles. The van der Waals surface area contributed by atoms with Gasteiger partial charge in [0.25, 0.3) is 0 Å². The van der Waals surface area contributed by atoms with Gasteiger partial charge in [-0.15, -0.1) is 0 Å². The van der Waals surface area contributed by atoms with Crippen molar-refractivity contribution >= 4 is 35.0 Å². The Morgan fingerprint density at radius 2 is 1.71 bits per heavy atom. The quantitative estimate of drug-likeness (QED) is 0.440. The molecule has 0 unspecified atom stereocenters. The summed E-state index contributed by atoms with van der Waals surface area (Å²) in [5.74, 6) is 0.210. The van der Waals surface area contributed by atoms with Crippen LogP contribution >= 0.6 is 12.2 Å². The molecular formula is C19H21N3OS. The first-order valence-electron chi connectivity index (χ1n) is 7.74. The van der Waals surface area contributed by atoms with E-state index >= 15 is 0 Å². The zero-order chi connectivity index (χ0) is 17.4. The smallest absolute Gasteiger partial charge is 0.250 e. The highest BCUT2D eigenvalue weighted by Crippen LogP contribution is 2.15. The van der Waals surface area contributed by atoms with Crippen LogP contribution in [0.4, 0.5) is 5.69 Å². The summed E-state index contributed by atoms with van der Waals surface area (Å²) in [7, 11) is 0. The lowest BCUT2D eigenvalue weighted by Gasteiger charge is -2.10. The molecule has 24 heavy (non-hydrogen) atoms. The zero-order valence-electron chi connectivity index (χ0n) is 13.7. The number of hydrogen-bond donors (Lipinski definition) is 3. The summed E-state index contributed by atoms with van der Waals surface area (Å²) < 4.78 is 0. The lowest BCUT2D eigenvalue weighted by molar-refractivity contribution is -0.115. The Morgan fingerprint density at radius 1 is 1.04 bits per heavy atom. The molecule has 2 aromatic carbocycles. The van der Waals surface area contributed by atoms with Gasteiger partial charge < -0.3 is 0 Å². The average Bonchev–Trinajstić information content (AvgIpc) is 2.59. The number of benzene rings is 2. The second kappa shape index (κ2) is 8.84. The zero-order valence-corrected chi connectivity index (χ0v) is 14.6. The van der Waals surface area contributed by atoms with Gasteiger partial charge in [-0.25, -0.2) is 0 Å². The van der Waals surface area contributed by atoms with Crippen molar-refractivity contribution < 1.29 is 4.79 Å². The molecule has 0 aliphatic heterocycles. The Morgan fingerprint density at radius 3 is 2.33 bits per heavy atom. The summed E-state index contributed by atoms with van der Waals surface area (Å²) in [4.78, 5) is 11.9. The van der Waals surface area contributed by atoms with E-state index in [4.69, 9.17) is 12.2 Å². The summed E-state index contributed by atoms with van der Waals surface area (Å²) in [5.41, 5.74) is 8.77. The third-order valence-corrected chi connectivity index (χ3v) is 3.57. The van der Waals surface area contributed by atoms with E-state index in [-0.39, 0.29) is 11.0 Å². The largest absolute Gasteiger partial charge is 0.299 e. The lowest BCUT2D eigenvalue weighted by Crippen LogP contribution is -2.41. The molecule has 1 amide bonds. The minimum Gasteiger partial charge on any atom is -0.299 e. The fraction of sp³-hybridized carbons (Fsp3) is 0.158. The normalized spacial score (nSPS) is 10.6. The highest BCUT2D eigenvalue weighted by molar-refractivity contribution is 7.80. The molecule has 2 aromatic rings. The Balaban J connectivity index is 1.80. The number of para-hydroxylation sites is 1. The summed E-state index contributed by atoms with van der Waals surface area (Å²) in [5, 5.41) is 2.79. The van der Waals surface area contributed by atoms with E-state index in [0.29, 0.717) is 5.92 Å². The maximum atomic E-state index is 11.9. The Kier molecular flexibility index (Phi) is 6.51. The van der Waals surface area contributed by atoms with Gasteiger partial charge in [-0.2, -0.15) is 0 Å². The van der Waals surface area contributed by atoms with Gasteiger partial charge in [-0.3, -0.25) is 21.0 Å². The van der Waals surface area contributed by atoms with Crippen molar-refractivity contribution in [3.05, 3.63) is 71.8 Å².